The van der Waals surface area contributed by atoms with Crippen molar-refractivity contribution in [1.29, 1.82) is 5.26 Å². The van der Waals surface area contributed by atoms with Crippen LogP contribution in [0, 0.1) is 11.3 Å². The fourth-order valence-corrected chi connectivity index (χ4v) is 5.34. The molecule has 3 atom stereocenters. The number of hydrogen-bond donors (Lipinski definition) is 2. The third-order valence-corrected chi connectivity index (χ3v) is 6.93. The first-order valence-electron chi connectivity index (χ1n) is 12.5. The molecule has 36 heavy (non-hydrogen) atoms. The summed E-state index contributed by atoms with van der Waals surface area (Å²) < 4.78 is 13.1. The highest BCUT2D eigenvalue weighted by Gasteiger charge is 2.47. The lowest BCUT2D eigenvalue weighted by molar-refractivity contribution is -0.0105. The van der Waals surface area contributed by atoms with E-state index in [0.29, 0.717) is 37.9 Å². The highest BCUT2D eigenvalue weighted by Crippen LogP contribution is 2.41. The largest absolute Gasteiger partial charge is 0.447 e. The fraction of sp³-hybridized carbons (Fsp3) is 0.593. The van der Waals surface area contributed by atoms with Gasteiger partial charge in [0, 0.05) is 35.2 Å². The Morgan fingerprint density at radius 2 is 2.06 bits per heavy atom. The number of benzene rings is 1. The van der Waals surface area contributed by atoms with Crippen LogP contribution in [0.2, 0.25) is 0 Å². The molecule has 2 amide bonds. The average molecular weight is 497 g/mol. The number of nitrogens with one attached hydrogen (secondary N) is 1. The average Bonchev–Trinajstić information content (AvgIpc) is 3.39. The summed E-state index contributed by atoms with van der Waals surface area (Å²) in [6.07, 6.45) is 0.695. The molecule has 2 aromatic rings. The van der Waals surface area contributed by atoms with Crippen LogP contribution in [0.25, 0.3) is 10.9 Å². The number of likely N-dealkylation sites (tertiary alicyclic amines) is 1. The van der Waals surface area contributed by atoms with Crippen molar-refractivity contribution in [3.05, 3.63) is 35.0 Å². The highest BCUT2D eigenvalue weighted by molar-refractivity contribution is 5.88. The van der Waals surface area contributed by atoms with Gasteiger partial charge < -0.3 is 29.4 Å². The predicted octanol–water partition coefficient (Wildman–Crippen LogP) is 4.40. The number of fused-ring (bicyclic) bond motifs is 3. The highest BCUT2D eigenvalue weighted by atomic mass is 16.6. The van der Waals surface area contributed by atoms with Crippen molar-refractivity contribution >= 4 is 23.1 Å². The minimum absolute atomic E-state index is 0.235. The zero-order valence-corrected chi connectivity index (χ0v) is 21.9. The zero-order chi connectivity index (χ0) is 26.4. The first kappa shape index (κ1) is 25.8. The van der Waals surface area contributed by atoms with Crippen molar-refractivity contribution < 1.29 is 24.2 Å². The molecular formula is C27H36N4O5. The van der Waals surface area contributed by atoms with Crippen molar-refractivity contribution in [1.82, 2.24) is 14.8 Å². The number of carbonyl (C=O) groups is 2. The molecule has 1 fully saturated rings. The van der Waals surface area contributed by atoms with Crippen molar-refractivity contribution in [2.24, 2.45) is 0 Å². The quantitative estimate of drug-likeness (QED) is 0.648. The number of aliphatic hydroxyl groups is 1. The van der Waals surface area contributed by atoms with E-state index in [2.05, 4.69) is 16.0 Å². The van der Waals surface area contributed by atoms with Gasteiger partial charge in [-0.15, -0.1) is 0 Å². The molecule has 1 saturated heterocycles. The van der Waals surface area contributed by atoms with Gasteiger partial charge in [0.05, 0.1) is 35.4 Å². The van der Waals surface area contributed by atoms with E-state index in [9.17, 15) is 20.0 Å². The molecule has 0 radical (unpaired) electrons. The van der Waals surface area contributed by atoms with Crippen LogP contribution in [-0.4, -0.2) is 56.7 Å². The Labute approximate surface area is 212 Å². The number of carbonyl (C=O) groups excluding carboxylic acids is 2. The number of rotatable bonds is 4. The van der Waals surface area contributed by atoms with Crippen LogP contribution in [-0.2, 0) is 22.4 Å². The number of nitriles is 1. The molecule has 1 aliphatic carbocycles. The number of ether oxygens (including phenoxy) is 2. The maximum absolute atomic E-state index is 13.0. The molecule has 4 rings (SSSR count). The molecule has 2 N–H and O–H groups in total. The van der Waals surface area contributed by atoms with Crippen LogP contribution in [0.4, 0.5) is 9.59 Å². The Morgan fingerprint density at radius 3 is 2.69 bits per heavy atom. The minimum atomic E-state index is -1.09. The molecule has 2 heterocycles. The Kier molecular flexibility index (Phi) is 6.69. The van der Waals surface area contributed by atoms with Gasteiger partial charge in [0.15, 0.2) is 0 Å². The Morgan fingerprint density at radius 1 is 1.33 bits per heavy atom. The Hall–Kier alpha value is -3.25. The second-order valence-electron chi connectivity index (χ2n) is 11.3. The second-order valence-corrected chi connectivity index (χ2v) is 11.3. The van der Waals surface area contributed by atoms with Gasteiger partial charge in [-0.05, 0) is 79.0 Å². The maximum Gasteiger partial charge on any atom is 0.410 e. The van der Waals surface area contributed by atoms with Gasteiger partial charge in [0.1, 0.15) is 5.60 Å². The van der Waals surface area contributed by atoms with Crippen molar-refractivity contribution in [2.45, 2.75) is 96.7 Å². The smallest absolute Gasteiger partial charge is 0.410 e. The molecule has 194 valence electrons. The molecule has 1 aliphatic heterocycles. The lowest BCUT2D eigenvalue weighted by Gasteiger charge is -2.34. The summed E-state index contributed by atoms with van der Waals surface area (Å²) in [7, 11) is 0. The molecule has 1 aromatic carbocycles. The molecule has 1 aromatic heterocycles. The van der Waals surface area contributed by atoms with Crippen molar-refractivity contribution in [2.75, 3.05) is 6.54 Å². The number of alkyl carbamates (subject to hydrolysis) is 1. The monoisotopic (exact) mass is 496 g/mol. The van der Waals surface area contributed by atoms with E-state index in [1.54, 1.807) is 31.7 Å². The van der Waals surface area contributed by atoms with Crippen LogP contribution in [0.5, 0.6) is 0 Å². The number of nitrogens with zero attached hydrogens (tertiary/aromatic N) is 3. The third-order valence-electron chi connectivity index (χ3n) is 6.93. The number of amides is 2. The lowest BCUT2D eigenvalue weighted by atomic mass is 9.97. The van der Waals surface area contributed by atoms with Gasteiger partial charge in [-0.1, -0.05) is 0 Å². The number of hydrogen-bond acceptors (Lipinski definition) is 6. The normalized spacial score (nSPS) is 23.6. The Balaban J connectivity index is 1.74. The number of aromatic nitrogens is 1. The van der Waals surface area contributed by atoms with Crippen molar-refractivity contribution in [3.8, 4) is 6.07 Å². The van der Waals surface area contributed by atoms with Crippen LogP contribution in [0.3, 0.4) is 0 Å². The maximum atomic E-state index is 13.0. The van der Waals surface area contributed by atoms with Gasteiger partial charge in [-0.25, -0.2) is 9.59 Å². The molecule has 9 heteroatoms. The SMILES string of the molecule is CC(C)OC(=O)N[C@@H]1CCc2c1c1cc(C#N)ccc1n2C[C@H]1N(C(=O)OC(C)(C)C)CC[C@]1(C)O. The lowest BCUT2D eigenvalue weighted by Crippen LogP contribution is -2.49. The fourth-order valence-electron chi connectivity index (χ4n) is 5.34. The Bertz CT molecular complexity index is 1220. The summed E-state index contributed by atoms with van der Waals surface area (Å²) in [4.78, 5) is 27.0. The summed E-state index contributed by atoms with van der Waals surface area (Å²) in [6.45, 7) is 11.6. The van der Waals surface area contributed by atoms with Gasteiger partial charge in [0.25, 0.3) is 0 Å². The summed E-state index contributed by atoms with van der Waals surface area (Å²) in [5.74, 6) is 0. The van der Waals surface area contributed by atoms with E-state index >= 15 is 0 Å². The molecule has 0 unspecified atom stereocenters. The van der Waals surface area contributed by atoms with Gasteiger partial charge in [-0.3, -0.25) is 0 Å². The summed E-state index contributed by atoms with van der Waals surface area (Å²) >= 11 is 0. The van der Waals surface area contributed by atoms with Crippen LogP contribution in [0.1, 0.15) is 77.2 Å². The molecule has 2 aliphatic rings. The summed E-state index contributed by atoms with van der Waals surface area (Å²) in [5, 5.41) is 24.6. The van der Waals surface area contributed by atoms with E-state index in [1.807, 2.05) is 32.9 Å². The van der Waals surface area contributed by atoms with E-state index in [4.69, 9.17) is 9.47 Å². The molecule has 9 nitrogen and oxygen atoms in total. The van der Waals surface area contributed by atoms with E-state index in [-0.39, 0.29) is 12.1 Å². The molecule has 0 saturated carbocycles. The standard InChI is InChI=1S/C27H36N4O5/c1-16(2)35-24(32)29-19-8-10-21-23(19)18-13-17(14-28)7-9-20(18)31(21)15-22-27(6,34)11-12-30(22)25(33)36-26(3,4)5/h7,9,13,16,19,22,34H,8,10-12,15H2,1-6H3,(H,29,32)/t19-,22-,27+/m1/s1. The topological polar surface area (TPSA) is 117 Å². The van der Waals surface area contributed by atoms with Gasteiger partial charge >= 0.3 is 12.2 Å². The molecular weight excluding hydrogens is 460 g/mol. The minimum Gasteiger partial charge on any atom is -0.447 e. The first-order chi connectivity index (χ1) is 16.8. The van der Waals surface area contributed by atoms with E-state index in [0.717, 1.165) is 22.2 Å². The molecule has 0 spiro atoms. The van der Waals surface area contributed by atoms with Crippen LogP contribution < -0.4 is 5.32 Å². The van der Waals surface area contributed by atoms with E-state index < -0.39 is 29.4 Å². The van der Waals surface area contributed by atoms with E-state index in [1.165, 1.54) is 0 Å². The zero-order valence-electron chi connectivity index (χ0n) is 21.9. The van der Waals surface area contributed by atoms with Crippen LogP contribution >= 0.6 is 0 Å². The van der Waals surface area contributed by atoms with Gasteiger partial charge in [-0.2, -0.15) is 5.26 Å². The van der Waals surface area contributed by atoms with Crippen LogP contribution in [0.15, 0.2) is 18.2 Å². The second kappa shape index (κ2) is 9.32. The first-order valence-corrected chi connectivity index (χ1v) is 12.5. The summed E-state index contributed by atoms with van der Waals surface area (Å²) in [5.41, 5.74) is 1.68. The molecule has 0 bridgehead atoms. The van der Waals surface area contributed by atoms with Gasteiger partial charge in [0.2, 0.25) is 0 Å². The summed E-state index contributed by atoms with van der Waals surface area (Å²) in [6, 6.07) is 6.96. The van der Waals surface area contributed by atoms with Crippen molar-refractivity contribution in [3.63, 3.8) is 0 Å². The third kappa shape index (κ3) is 5.00. The predicted molar refractivity (Wildman–Crippen MR) is 134 cm³/mol.